The molecule has 0 aromatic rings. The van der Waals surface area contributed by atoms with E-state index in [1.807, 2.05) is 0 Å². The molecule has 3 heterocycles. The highest BCUT2D eigenvalue weighted by Gasteiger charge is 2.41. The molecule has 0 bridgehead atoms. The van der Waals surface area contributed by atoms with Gasteiger partial charge in [0.2, 0.25) is 11.9 Å². The van der Waals surface area contributed by atoms with E-state index in [9.17, 15) is 0 Å². The minimum Gasteiger partial charge on any atom is -0.420 e. The van der Waals surface area contributed by atoms with Crippen molar-refractivity contribution in [3.63, 3.8) is 0 Å². The third-order valence-corrected chi connectivity index (χ3v) is 2.94. The van der Waals surface area contributed by atoms with Gasteiger partial charge in [0.15, 0.2) is 10.7 Å². The number of aliphatic imine (C=N–C) groups is 4. The van der Waals surface area contributed by atoms with Crippen LogP contribution in [0, 0.1) is 0 Å². The highest BCUT2D eigenvalue weighted by Crippen LogP contribution is 2.30. The van der Waals surface area contributed by atoms with Crippen LogP contribution in [0.15, 0.2) is 20.0 Å². The highest BCUT2D eigenvalue weighted by molar-refractivity contribution is 8.14. The van der Waals surface area contributed by atoms with Crippen LogP contribution in [-0.4, -0.2) is 39.9 Å². The van der Waals surface area contributed by atoms with Crippen molar-refractivity contribution >= 4 is 34.9 Å². The van der Waals surface area contributed by atoms with Crippen molar-refractivity contribution in [1.29, 1.82) is 0 Å². The van der Waals surface area contributed by atoms with E-state index in [1.54, 1.807) is 4.90 Å². The molecule has 2 unspecified atom stereocenters. The quantitative estimate of drug-likeness (QED) is 0.445. The van der Waals surface area contributed by atoms with Crippen LogP contribution in [0.25, 0.3) is 0 Å². The third kappa shape index (κ3) is 1.26. The van der Waals surface area contributed by atoms with E-state index in [-0.39, 0.29) is 17.5 Å². The summed E-state index contributed by atoms with van der Waals surface area (Å²) in [5, 5.41) is 0.354. The average molecular weight is 240 g/mol. The van der Waals surface area contributed by atoms with E-state index in [4.69, 9.17) is 21.9 Å². The largest absolute Gasteiger partial charge is 0.420 e. The fourth-order valence-electron chi connectivity index (χ4n) is 1.46. The van der Waals surface area contributed by atoms with E-state index >= 15 is 0 Å². The first-order chi connectivity index (χ1) is 7.63. The Hall–Kier alpha value is -1.97. The van der Waals surface area contributed by atoms with Crippen LogP contribution in [0.3, 0.4) is 0 Å². The van der Waals surface area contributed by atoms with E-state index in [1.165, 1.54) is 11.8 Å². The van der Waals surface area contributed by atoms with Crippen molar-refractivity contribution in [2.75, 3.05) is 0 Å². The Labute approximate surface area is 94.1 Å². The first kappa shape index (κ1) is 9.27. The molecule has 0 aliphatic carbocycles. The van der Waals surface area contributed by atoms with Crippen LogP contribution in [0.4, 0.5) is 0 Å². The minimum atomic E-state index is -0.667. The van der Waals surface area contributed by atoms with Gasteiger partial charge in [0.25, 0.3) is 12.4 Å². The molecule has 0 spiro atoms. The van der Waals surface area contributed by atoms with Crippen LogP contribution in [0.5, 0.6) is 0 Å². The number of hydrogen-bond acceptors (Lipinski definition) is 10. The molecule has 9 nitrogen and oxygen atoms in total. The Morgan fingerprint density at radius 1 is 1.19 bits per heavy atom. The summed E-state index contributed by atoms with van der Waals surface area (Å²) in [7, 11) is 0. The minimum absolute atomic E-state index is 0.0475. The predicted octanol–water partition coefficient (Wildman–Crippen LogP) is -2.05. The maximum Gasteiger partial charge on any atom is 0.288 e. The van der Waals surface area contributed by atoms with Gasteiger partial charge in [-0.15, -0.1) is 0 Å². The monoisotopic (exact) mass is 240 g/mol. The number of hydrogen-bond donors (Lipinski definition) is 3. The SMILES string of the molecule is NC1=NC2OC(N)=NC3SC(N)=NC(=N1)N23. The van der Waals surface area contributed by atoms with Crippen molar-refractivity contribution < 1.29 is 4.74 Å². The Kier molecular flexibility index (Phi) is 1.74. The molecular weight excluding hydrogens is 232 g/mol. The van der Waals surface area contributed by atoms with Gasteiger partial charge in [0.1, 0.15) is 0 Å². The topological polar surface area (TPSA) is 140 Å². The lowest BCUT2D eigenvalue weighted by Crippen LogP contribution is -2.56. The van der Waals surface area contributed by atoms with Crippen molar-refractivity contribution in [2.24, 2.45) is 37.2 Å². The van der Waals surface area contributed by atoms with Crippen molar-refractivity contribution in [3.05, 3.63) is 0 Å². The van der Waals surface area contributed by atoms with Gasteiger partial charge in [-0.05, 0) is 11.8 Å². The molecule has 3 aliphatic heterocycles. The third-order valence-electron chi connectivity index (χ3n) is 2.06. The molecule has 16 heavy (non-hydrogen) atoms. The summed E-state index contributed by atoms with van der Waals surface area (Å²) in [5.74, 6) is 0.420. The molecule has 0 aromatic carbocycles. The Balaban J connectivity index is 2.10. The molecule has 6 N–H and O–H groups in total. The summed E-state index contributed by atoms with van der Waals surface area (Å²) in [5.41, 5.74) is 16.3. The molecule has 0 fully saturated rings. The van der Waals surface area contributed by atoms with Crippen LogP contribution in [0.2, 0.25) is 0 Å². The van der Waals surface area contributed by atoms with Crippen LogP contribution in [0.1, 0.15) is 0 Å². The number of guanidine groups is 2. The predicted molar refractivity (Wildman–Crippen MR) is 60.4 cm³/mol. The molecule has 84 valence electrons. The van der Waals surface area contributed by atoms with Gasteiger partial charge in [0, 0.05) is 0 Å². The molecule has 10 heteroatoms. The van der Waals surface area contributed by atoms with Crippen LogP contribution < -0.4 is 17.2 Å². The zero-order valence-electron chi connectivity index (χ0n) is 7.94. The summed E-state index contributed by atoms with van der Waals surface area (Å²) in [4.78, 5) is 17.7. The number of thioether (sulfide) groups is 1. The van der Waals surface area contributed by atoms with E-state index in [0.717, 1.165) is 0 Å². The molecule has 3 aliphatic rings. The normalized spacial score (nSPS) is 31.6. The fourth-order valence-corrected chi connectivity index (χ4v) is 2.28. The first-order valence-corrected chi connectivity index (χ1v) is 5.22. The number of nitrogens with zero attached hydrogens (tertiary/aromatic N) is 5. The lowest BCUT2D eigenvalue weighted by Gasteiger charge is -2.40. The Morgan fingerprint density at radius 2 is 2.00 bits per heavy atom. The molecule has 2 atom stereocenters. The van der Waals surface area contributed by atoms with Gasteiger partial charge >= 0.3 is 0 Å². The second kappa shape index (κ2) is 3.01. The summed E-state index contributed by atoms with van der Waals surface area (Å²) in [6.07, 6.45) is -0.667. The van der Waals surface area contributed by atoms with Gasteiger partial charge in [-0.1, -0.05) is 0 Å². The molecule has 0 aromatic heterocycles. The van der Waals surface area contributed by atoms with Crippen LogP contribution >= 0.6 is 11.8 Å². The van der Waals surface area contributed by atoms with Crippen molar-refractivity contribution in [2.45, 2.75) is 11.8 Å². The molecule has 0 saturated heterocycles. The van der Waals surface area contributed by atoms with E-state index in [0.29, 0.717) is 11.1 Å². The lowest BCUT2D eigenvalue weighted by atomic mass is 10.6. The van der Waals surface area contributed by atoms with Gasteiger partial charge < -0.3 is 21.9 Å². The summed E-state index contributed by atoms with van der Waals surface area (Å²) >= 11 is 1.25. The lowest BCUT2D eigenvalue weighted by molar-refractivity contribution is 0.0444. The summed E-state index contributed by atoms with van der Waals surface area (Å²) < 4.78 is 5.21. The smallest absolute Gasteiger partial charge is 0.288 e. The van der Waals surface area contributed by atoms with Crippen LogP contribution in [-0.2, 0) is 4.74 Å². The average Bonchev–Trinajstić information content (AvgIpc) is 2.14. The maximum absolute atomic E-state index is 5.64. The zero-order valence-corrected chi connectivity index (χ0v) is 8.76. The van der Waals surface area contributed by atoms with Crippen molar-refractivity contribution in [3.8, 4) is 0 Å². The van der Waals surface area contributed by atoms with Gasteiger partial charge in [-0.2, -0.15) is 20.0 Å². The van der Waals surface area contributed by atoms with Gasteiger partial charge in [-0.25, -0.2) is 0 Å². The number of ether oxygens (including phenoxy) is 1. The van der Waals surface area contributed by atoms with Gasteiger partial charge in [-0.3, -0.25) is 4.90 Å². The molecular formula is C6H8N8OS. The van der Waals surface area contributed by atoms with Gasteiger partial charge in [0.05, 0.1) is 0 Å². The highest BCUT2D eigenvalue weighted by atomic mass is 32.2. The molecule has 3 rings (SSSR count). The first-order valence-electron chi connectivity index (χ1n) is 4.34. The molecule has 0 amide bonds. The molecule has 0 saturated carbocycles. The second-order valence-corrected chi connectivity index (χ2v) is 4.19. The number of rotatable bonds is 0. The summed E-state index contributed by atoms with van der Waals surface area (Å²) in [6.45, 7) is 0. The standard InChI is InChI=1S/C6H8N8OS/c7-1-10-4-13-3(9)16-6-12-2(8)15-5(11-1)14(4)6/h5-6H,(H2,8,12)(H4,7,9,10,11,13). The van der Waals surface area contributed by atoms with Crippen molar-refractivity contribution in [1.82, 2.24) is 4.90 Å². The zero-order chi connectivity index (χ0) is 11.3. The van der Waals surface area contributed by atoms with E-state index in [2.05, 4.69) is 20.0 Å². The Morgan fingerprint density at radius 3 is 2.81 bits per heavy atom. The van der Waals surface area contributed by atoms with E-state index < -0.39 is 6.35 Å². The number of nitrogens with two attached hydrogens (primary N) is 3. The maximum atomic E-state index is 5.64. The number of amidine groups is 2. The fraction of sp³-hybridized carbons (Fsp3) is 0.333. The summed E-state index contributed by atoms with van der Waals surface area (Å²) in [6, 6.07) is 0.0475. The molecule has 0 radical (unpaired) electrons. The second-order valence-electron chi connectivity index (χ2n) is 3.11. The Bertz CT molecular complexity index is 467.